The van der Waals surface area contributed by atoms with Crippen LogP contribution in [0.15, 0.2) is 12.2 Å². The van der Waals surface area contributed by atoms with Crippen molar-refractivity contribution >= 4 is 11.8 Å². The Kier molecular flexibility index (Phi) is 21.1. The predicted molar refractivity (Wildman–Crippen MR) is 152 cm³/mol. The van der Waals surface area contributed by atoms with E-state index in [1.807, 2.05) is 21.1 Å². The third-order valence-corrected chi connectivity index (χ3v) is 6.86. The van der Waals surface area contributed by atoms with E-state index in [2.05, 4.69) is 19.1 Å². The molecule has 5 nitrogen and oxygen atoms in total. The molecule has 0 aromatic heterocycles. The number of carbonyl (C=O) groups excluding carboxylic acids is 1. The number of ketones is 1. The van der Waals surface area contributed by atoms with Crippen molar-refractivity contribution < 1.29 is 24.3 Å². The van der Waals surface area contributed by atoms with Gasteiger partial charge in [0.05, 0.1) is 27.6 Å². The van der Waals surface area contributed by atoms with E-state index in [1.165, 1.54) is 103 Å². The highest BCUT2D eigenvalue weighted by atomic mass is 16.4. The average molecular weight is 511 g/mol. The molecule has 2 N–H and O–H groups in total. The molecule has 0 aromatic carbocycles. The number of carbonyl (C=O) groups is 2. The molecule has 0 aromatic rings. The van der Waals surface area contributed by atoms with Crippen LogP contribution in [-0.2, 0) is 9.59 Å². The summed E-state index contributed by atoms with van der Waals surface area (Å²) in [6.07, 6.45) is 28.5. The fourth-order valence-corrected chi connectivity index (χ4v) is 4.93. The molecule has 1 unspecified atom stereocenters. The van der Waals surface area contributed by atoms with Crippen molar-refractivity contribution in [1.82, 2.24) is 0 Å². The molecule has 0 spiro atoms. The highest BCUT2D eigenvalue weighted by Crippen LogP contribution is 2.20. The largest absolute Gasteiger partial charge is 0.481 e. The Labute approximate surface area is 223 Å². The van der Waals surface area contributed by atoms with Gasteiger partial charge in [0, 0.05) is 6.42 Å². The minimum atomic E-state index is -1.77. The first-order valence-electron chi connectivity index (χ1n) is 15.0. The topological polar surface area (TPSA) is 74.6 Å². The van der Waals surface area contributed by atoms with Gasteiger partial charge in [0.15, 0.2) is 11.4 Å². The quantitative estimate of drug-likeness (QED) is 0.0706. The van der Waals surface area contributed by atoms with Gasteiger partial charge in [0.1, 0.15) is 6.54 Å². The van der Waals surface area contributed by atoms with Gasteiger partial charge < -0.3 is 14.7 Å². The molecule has 0 aliphatic heterocycles. The second-order valence-corrected chi connectivity index (χ2v) is 11.9. The maximum atomic E-state index is 12.6. The van der Waals surface area contributed by atoms with Gasteiger partial charge in [0.25, 0.3) is 0 Å². The van der Waals surface area contributed by atoms with Crippen molar-refractivity contribution in [3.05, 3.63) is 12.2 Å². The van der Waals surface area contributed by atoms with Crippen LogP contribution in [0.1, 0.15) is 142 Å². The van der Waals surface area contributed by atoms with Gasteiger partial charge in [0.2, 0.25) is 0 Å². The molecule has 0 amide bonds. The molecule has 5 heteroatoms. The van der Waals surface area contributed by atoms with E-state index in [-0.39, 0.29) is 18.7 Å². The molecule has 0 bridgehead atoms. The van der Waals surface area contributed by atoms with E-state index < -0.39 is 18.0 Å². The smallest absolute Gasteiger partial charge is 0.306 e. The van der Waals surface area contributed by atoms with E-state index in [1.54, 1.807) is 0 Å². The zero-order valence-corrected chi connectivity index (χ0v) is 24.4. The summed E-state index contributed by atoms with van der Waals surface area (Å²) in [6.45, 7) is 2.39. The summed E-state index contributed by atoms with van der Waals surface area (Å²) in [5, 5.41) is 19.8. The Morgan fingerprint density at radius 2 is 1.06 bits per heavy atom. The van der Waals surface area contributed by atoms with Crippen LogP contribution in [0.5, 0.6) is 0 Å². The molecule has 0 radical (unpaired) electrons. The Hall–Kier alpha value is -1.20. The van der Waals surface area contributed by atoms with Gasteiger partial charge >= 0.3 is 5.97 Å². The summed E-state index contributed by atoms with van der Waals surface area (Å²) < 4.78 is 0.353. The van der Waals surface area contributed by atoms with Crippen LogP contribution in [-0.4, -0.2) is 59.7 Å². The average Bonchev–Trinajstić information content (AvgIpc) is 2.78. The summed E-state index contributed by atoms with van der Waals surface area (Å²) in [5.41, 5.74) is -1.77. The van der Waals surface area contributed by atoms with Crippen LogP contribution in [0.2, 0.25) is 0 Å². The highest BCUT2D eigenvalue weighted by Gasteiger charge is 2.42. The SMILES string of the molecule is CCCCCCCC/C=C\CCCCCCCCCCCCCC(=O)C(O)(CC(=O)O)C[N+](C)(C)C. The minimum absolute atomic E-state index is 0.119. The Balaban J connectivity index is 3.59. The molecule has 1 atom stereocenters. The fourth-order valence-electron chi connectivity index (χ4n) is 4.93. The van der Waals surface area contributed by atoms with E-state index >= 15 is 0 Å². The van der Waals surface area contributed by atoms with Crippen molar-refractivity contribution in [1.29, 1.82) is 0 Å². The number of aliphatic carboxylic acids is 1. The van der Waals surface area contributed by atoms with Crippen LogP contribution in [0.4, 0.5) is 0 Å². The van der Waals surface area contributed by atoms with E-state index in [9.17, 15) is 14.7 Å². The molecule has 0 fully saturated rings. The second-order valence-electron chi connectivity index (χ2n) is 11.9. The normalized spacial score (nSPS) is 13.8. The molecule has 0 aliphatic carbocycles. The van der Waals surface area contributed by atoms with E-state index in [0.717, 1.165) is 19.3 Å². The summed E-state index contributed by atoms with van der Waals surface area (Å²) in [6, 6.07) is 0. The van der Waals surface area contributed by atoms with Crippen molar-refractivity contribution in [2.75, 3.05) is 27.7 Å². The van der Waals surface area contributed by atoms with Crippen LogP contribution in [0, 0.1) is 0 Å². The lowest BCUT2D eigenvalue weighted by atomic mass is 9.89. The second kappa shape index (κ2) is 21.8. The van der Waals surface area contributed by atoms with Gasteiger partial charge in [-0.2, -0.15) is 0 Å². The molecule has 0 heterocycles. The predicted octanol–water partition coefficient (Wildman–Crippen LogP) is 7.85. The number of carboxylic acid groups (broad SMARTS) is 1. The molecule has 0 saturated carbocycles. The minimum Gasteiger partial charge on any atom is -0.481 e. The van der Waals surface area contributed by atoms with Gasteiger partial charge in [-0.3, -0.25) is 9.59 Å². The summed E-state index contributed by atoms with van der Waals surface area (Å²) in [5.74, 6) is -1.46. The maximum Gasteiger partial charge on any atom is 0.306 e. The molecule has 0 saturated heterocycles. The number of likely N-dealkylation sites (N-methyl/N-ethyl adjacent to an activating group) is 1. The van der Waals surface area contributed by atoms with E-state index in [0.29, 0.717) is 4.48 Å². The third kappa shape index (κ3) is 22.0. The standard InChI is InChI=1S/C31H59NO4/c1-5-6-7-8-9-10-11-12-13-14-15-16-17-18-19-20-21-22-23-24-25-26-29(33)31(36,27-30(34)35)28-32(2,3)4/h12-13,36H,5-11,14-28H2,1-4H3/p+1/b13-12-. The zero-order valence-electron chi connectivity index (χ0n) is 24.4. The first kappa shape index (κ1) is 34.8. The summed E-state index contributed by atoms with van der Waals surface area (Å²) in [7, 11) is 5.57. The van der Waals surface area contributed by atoms with Crippen LogP contribution in [0.25, 0.3) is 0 Å². The summed E-state index contributed by atoms with van der Waals surface area (Å²) >= 11 is 0. The van der Waals surface area contributed by atoms with Crippen LogP contribution >= 0.6 is 0 Å². The molecular weight excluding hydrogens is 450 g/mol. The van der Waals surface area contributed by atoms with Crippen molar-refractivity contribution in [3.63, 3.8) is 0 Å². The molecular formula is C31H60NO4+. The zero-order chi connectivity index (χ0) is 27.1. The number of unbranched alkanes of at least 4 members (excludes halogenated alkanes) is 17. The highest BCUT2D eigenvalue weighted by molar-refractivity contribution is 5.90. The summed E-state index contributed by atoms with van der Waals surface area (Å²) in [4.78, 5) is 23.7. The number of hydrogen-bond acceptors (Lipinski definition) is 3. The maximum absolute atomic E-state index is 12.6. The number of rotatable bonds is 26. The van der Waals surface area contributed by atoms with E-state index in [4.69, 9.17) is 5.11 Å². The van der Waals surface area contributed by atoms with Crippen LogP contribution < -0.4 is 0 Å². The number of carboxylic acids is 1. The number of aliphatic hydroxyl groups is 1. The Morgan fingerprint density at radius 3 is 1.44 bits per heavy atom. The number of quaternary nitrogens is 1. The van der Waals surface area contributed by atoms with Crippen molar-refractivity contribution in [2.24, 2.45) is 0 Å². The van der Waals surface area contributed by atoms with Gasteiger partial charge in [-0.05, 0) is 32.1 Å². The fraction of sp³-hybridized carbons (Fsp3) is 0.871. The lowest BCUT2D eigenvalue weighted by Gasteiger charge is -2.33. The number of allylic oxidation sites excluding steroid dienone is 2. The monoisotopic (exact) mass is 510 g/mol. The molecule has 0 aliphatic rings. The lowest BCUT2D eigenvalue weighted by Crippen LogP contribution is -2.54. The van der Waals surface area contributed by atoms with Crippen molar-refractivity contribution in [2.45, 2.75) is 147 Å². The Morgan fingerprint density at radius 1 is 0.667 bits per heavy atom. The number of Topliss-reactive ketones (excluding diaryl/α,β-unsaturated/α-hetero) is 1. The molecule has 0 rings (SSSR count). The van der Waals surface area contributed by atoms with Gasteiger partial charge in [-0.15, -0.1) is 0 Å². The molecule has 212 valence electrons. The van der Waals surface area contributed by atoms with Crippen LogP contribution in [0.3, 0.4) is 0 Å². The van der Waals surface area contributed by atoms with Gasteiger partial charge in [-0.25, -0.2) is 0 Å². The number of hydrogen-bond donors (Lipinski definition) is 2. The van der Waals surface area contributed by atoms with Crippen molar-refractivity contribution in [3.8, 4) is 0 Å². The third-order valence-electron chi connectivity index (χ3n) is 6.86. The number of nitrogens with zero attached hydrogens (tertiary/aromatic N) is 1. The molecule has 36 heavy (non-hydrogen) atoms. The lowest BCUT2D eigenvalue weighted by molar-refractivity contribution is -0.875. The Bertz CT molecular complexity index is 582. The first-order chi connectivity index (χ1) is 17.1. The van der Waals surface area contributed by atoms with Gasteiger partial charge in [-0.1, -0.05) is 109 Å². The first-order valence-corrected chi connectivity index (χ1v) is 15.0.